The highest BCUT2D eigenvalue weighted by molar-refractivity contribution is 6.00. The summed E-state index contributed by atoms with van der Waals surface area (Å²) in [5.41, 5.74) is 3.21. The number of carbonyl (C=O) groups excluding carboxylic acids is 1. The number of carbonyl (C=O) groups is 1. The van der Waals surface area contributed by atoms with Crippen molar-refractivity contribution in [3.63, 3.8) is 0 Å². The summed E-state index contributed by atoms with van der Waals surface area (Å²) in [5.74, 6) is -0.176. The summed E-state index contributed by atoms with van der Waals surface area (Å²) in [7, 11) is 3.17. The molecule has 4 rings (SSSR count). The first-order valence-corrected chi connectivity index (χ1v) is 7.99. The van der Waals surface area contributed by atoms with E-state index in [-0.39, 0.29) is 17.5 Å². The van der Waals surface area contributed by atoms with Crippen LogP contribution in [0.2, 0.25) is 0 Å². The van der Waals surface area contributed by atoms with E-state index >= 15 is 0 Å². The lowest BCUT2D eigenvalue weighted by Gasteiger charge is -2.22. The second kappa shape index (κ2) is 5.87. The summed E-state index contributed by atoms with van der Waals surface area (Å²) in [5, 5.41) is 16.9. The van der Waals surface area contributed by atoms with Gasteiger partial charge in [-0.05, 0) is 42.0 Å². The molecule has 1 amide bonds. The van der Waals surface area contributed by atoms with Crippen molar-refractivity contribution in [3.8, 4) is 22.8 Å². The molecule has 1 atom stereocenters. The molecule has 0 fully saturated rings. The lowest BCUT2D eigenvalue weighted by Crippen LogP contribution is -2.24. The van der Waals surface area contributed by atoms with Gasteiger partial charge in [0.05, 0.1) is 18.8 Å². The van der Waals surface area contributed by atoms with Crippen LogP contribution in [0.15, 0.2) is 42.5 Å². The minimum atomic E-state index is -0.397. The Hall–Kier alpha value is -3.35. The van der Waals surface area contributed by atoms with Gasteiger partial charge < -0.3 is 14.7 Å². The van der Waals surface area contributed by atoms with Crippen LogP contribution in [0.25, 0.3) is 11.3 Å². The number of nitrogens with one attached hydrogen (secondary N) is 1. The molecule has 1 aromatic heterocycles. The molecule has 132 valence electrons. The fourth-order valence-corrected chi connectivity index (χ4v) is 3.35. The lowest BCUT2D eigenvalue weighted by molar-refractivity contribution is 0.0787. The van der Waals surface area contributed by atoms with Crippen molar-refractivity contribution in [2.24, 2.45) is 0 Å². The molecule has 0 aliphatic carbocycles. The Morgan fingerprint density at radius 1 is 1.23 bits per heavy atom. The smallest absolute Gasteiger partial charge is 0.272 e. The fraction of sp³-hybridized carbons (Fsp3) is 0.158. The van der Waals surface area contributed by atoms with Gasteiger partial charge in [-0.25, -0.2) is 4.39 Å². The van der Waals surface area contributed by atoms with E-state index in [1.807, 2.05) is 0 Å². The van der Waals surface area contributed by atoms with Crippen LogP contribution in [0.4, 0.5) is 4.39 Å². The molecule has 0 bridgehead atoms. The molecule has 7 heteroatoms. The number of hydrogen-bond acceptors (Lipinski definition) is 4. The zero-order chi connectivity index (χ0) is 18.4. The molecule has 2 N–H and O–H groups in total. The van der Waals surface area contributed by atoms with Gasteiger partial charge in [0.1, 0.15) is 11.5 Å². The average molecular weight is 353 g/mol. The summed E-state index contributed by atoms with van der Waals surface area (Å²) in [6.07, 6.45) is 0. The minimum Gasteiger partial charge on any atom is -0.504 e. The van der Waals surface area contributed by atoms with Crippen molar-refractivity contribution in [3.05, 3.63) is 65.1 Å². The molecule has 26 heavy (non-hydrogen) atoms. The van der Waals surface area contributed by atoms with Crippen LogP contribution in [0, 0.1) is 5.82 Å². The van der Waals surface area contributed by atoms with E-state index in [1.54, 1.807) is 36.2 Å². The number of fused-ring (bicyclic) bond motifs is 1. The highest BCUT2D eigenvalue weighted by atomic mass is 19.1. The Kier molecular flexibility index (Phi) is 3.64. The maximum Gasteiger partial charge on any atom is 0.272 e. The van der Waals surface area contributed by atoms with Crippen molar-refractivity contribution < 1.29 is 19.0 Å². The molecule has 1 aliphatic heterocycles. The second-order valence-electron chi connectivity index (χ2n) is 6.12. The number of hydrogen-bond donors (Lipinski definition) is 2. The fourth-order valence-electron chi connectivity index (χ4n) is 3.35. The van der Waals surface area contributed by atoms with Crippen LogP contribution in [0.1, 0.15) is 27.7 Å². The van der Waals surface area contributed by atoms with Gasteiger partial charge in [-0.1, -0.05) is 6.07 Å². The molecule has 1 unspecified atom stereocenters. The summed E-state index contributed by atoms with van der Waals surface area (Å²) < 4.78 is 18.4. The molecular formula is C19H16FN3O3. The molecule has 0 saturated heterocycles. The molecule has 2 aromatic carbocycles. The van der Waals surface area contributed by atoms with E-state index in [0.717, 1.165) is 11.1 Å². The van der Waals surface area contributed by atoms with E-state index in [0.29, 0.717) is 22.7 Å². The largest absolute Gasteiger partial charge is 0.504 e. The highest BCUT2D eigenvalue weighted by Gasteiger charge is 2.40. The summed E-state index contributed by atoms with van der Waals surface area (Å²) in [6.45, 7) is 0. The number of phenols is 1. The molecule has 3 aromatic rings. The van der Waals surface area contributed by atoms with E-state index in [1.165, 1.54) is 25.3 Å². The monoisotopic (exact) mass is 353 g/mol. The van der Waals surface area contributed by atoms with Crippen molar-refractivity contribution in [1.29, 1.82) is 0 Å². The van der Waals surface area contributed by atoms with Crippen LogP contribution >= 0.6 is 0 Å². The summed E-state index contributed by atoms with van der Waals surface area (Å²) in [6, 6.07) is 10.5. The number of rotatable bonds is 3. The van der Waals surface area contributed by atoms with Crippen LogP contribution < -0.4 is 4.74 Å². The van der Waals surface area contributed by atoms with Gasteiger partial charge in [0, 0.05) is 18.2 Å². The number of methoxy groups -OCH3 is 1. The molecule has 1 aliphatic rings. The quantitative estimate of drug-likeness (QED) is 0.758. The zero-order valence-electron chi connectivity index (χ0n) is 14.2. The van der Waals surface area contributed by atoms with Crippen molar-refractivity contribution in [2.75, 3.05) is 14.2 Å². The zero-order valence-corrected chi connectivity index (χ0v) is 14.2. The number of amides is 1. The van der Waals surface area contributed by atoms with Gasteiger partial charge in [0.2, 0.25) is 0 Å². The third-order valence-corrected chi connectivity index (χ3v) is 4.64. The van der Waals surface area contributed by atoms with Gasteiger partial charge in [-0.15, -0.1) is 0 Å². The van der Waals surface area contributed by atoms with Gasteiger partial charge in [-0.2, -0.15) is 5.10 Å². The molecule has 6 nitrogen and oxygen atoms in total. The predicted molar refractivity (Wildman–Crippen MR) is 92.6 cm³/mol. The van der Waals surface area contributed by atoms with Crippen LogP contribution in [-0.2, 0) is 0 Å². The highest BCUT2D eigenvalue weighted by Crippen LogP contribution is 2.43. The first-order chi connectivity index (χ1) is 12.5. The number of halogens is 1. The van der Waals surface area contributed by atoms with E-state index < -0.39 is 6.04 Å². The number of phenolic OH excluding ortho intramolecular Hbond substituents is 1. The number of nitrogens with zero attached hydrogens (tertiary/aromatic N) is 2. The predicted octanol–water partition coefficient (Wildman–Crippen LogP) is 3.11. The third kappa shape index (κ3) is 2.32. The molecular weight excluding hydrogens is 337 g/mol. The van der Waals surface area contributed by atoms with Crippen LogP contribution in [0.5, 0.6) is 11.5 Å². The normalized spacial score (nSPS) is 16.0. The van der Waals surface area contributed by atoms with Crippen molar-refractivity contribution in [1.82, 2.24) is 15.1 Å². The number of ether oxygens (including phenoxy) is 1. The molecule has 0 radical (unpaired) electrons. The number of aromatic amines is 1. The Balaban J connectivity index is 1.88. The van der Waals surface area contributed by atoms with Crippen LogP contribution in [-0.4, -0.2) is 40.3 Å². The number of H-pyrrole nitrogens is 1. The Morgan fingerprint density at radius 2 is 1.96 bits per heavy atom. The Labute approximate surface area is 148 Å². The summed E-state index contributed by atoms with van der Waals surface area (Å²) >= 11 is 0. The summed E-state index contributed by atoms with van der Waals surface area (Å²) in [4.78, 5) is 14.2. The van der Waals surface area contributed by atoms with E-state index in [2.05, 4.69) is 10.2 Å². The third-order valence-electron chi connectivity index (χ3n) is 4.64. The topological polar surface area (TPSA) is 78.5 Å². The number of aromatic nitrogens is 2. The maximum atomic E-state index is 13.3. The molecule has 0 spiro atoms. The van der Waals surface area contributed by atoms with Crippen LogP contribution in [0.3, 0.4) is 0 Å². The van der Waals surface area contributed by atoms with Gasteiger partial charge in [0.15, 0.2) is 11.5 Å². The standard InChI is InChI=1S/C19H16FN3O3/c1-23-18(11-5-8-13(24)14(9-11)26-2)15-16(21-22-17(15)19(23)25)10-3-6-12(20)7-4-10/h3-9,18,24H,1-2H3,(H,21,22). The maximum absolute atomic E-state index is 13.3. The Bertz CT molecular complexity index is 998. The van der Waals surface area contributed by atoms with Gasteiger partial charge in [-0.3, -0.25) is 9.89 Å². The SMILES string of the molecule is COc1cc(C2c3c(-c4ccc(F)cc4)n[nH]c3C(=O)N2C)ccc1O. The van der Waals surface area contributed by atoms with E-state index in [9.17, 15) is 14.3 Å². The first-order valence-electron chi connectivity index (χ1n) is 7.99. The first kappa shape index (κ1) is 16.1. The number of benzene rings is 2. The lowest BCUT2D eigenvalue weighted by atomic mass is 9.96. The minimum absolute atomic E-state index is 0.0226. The average Bonchev–Trinajstić information content (AvgIpc) is 3.17. The van der Waals surface area contributed by atoms with Gasteiger partial charge >= 0.3 is 0 Å². The number of aromatic hydroxyl groups is 1. The van der Waals surface area contributed by atoms with Crippen molar-refractivity contribution >= 4 is 5.91 Å². The second-order valence-corrected chi connectivity index (χ2v) is 6.12. The van der Waals surface area contributed by atoms with E-state index in [4.69, 9.17) is 4.74 Å². The Morgan fingerprint density at radius 3 is 2.65 bits per heavy atom. The molecule has 0 saturated carbocycles. The van der Waals surface area contributed by atoms with Gasteiger partial charge in [0.25, 0.3) is 5.91 Å². The van der Waals surface area contributed by atoms with Crippen molar-refractivity contribution in [2.45, 2.75) is 6.04 Å². The molecule has 2 heterocycles.